The summed E-state index contributed by atoms with van der Waals surface area (Å²) in [6, 6.07) is 16.0. The molecule has 3 rings (SSSR count). The van der Waals surface area contributed by atoms with Gasteiger partial charge in [0, 0.05) is 18.3 Å². The van der Waals surface area contributed by atoms with E-state index >= 15 is 0 Å². The van der Waals surface area contributed by atoms with Crippen LogP contribution in [-0.2, 0) is 4.79 Å². The van der Waals surface area contributed by atoms with Crippen LogP contribution >= 0.6 is 0 Å². The van der Waals surface area contributed by atoms with Gasteiger partial charge in [0.15, 0.2) is 6.61 Å². The molecule has 6 nitrogen and oxygen atoms in total. The second-order valence-electron chi connectivity index (χ2n) is 6.55. The van der Waals surface area contributed by atoms with Gasteiger partial charge in [-0.25, -0.2) is 8.78 Å². The SMILES string of the molecule is O=C(COc1cccc(NC(=O)c2cc(-c3cccc(F)c3)ccc2F)c1)NCCO. The molecule has 31 heavy (non-hydrogen) atoms. The van der Waals surface area contributed by atoms with Gasteiger partial charge in [0.05, 0.1) is 12.2 Å². The lowest BCUT2D eigenvalue weighted by Crippen LogP contribution is -2.31. The number of ether oxygens (including phenoxy) is 1. The first-order valence-electron chi connectivity index (χ1n) is 9.43. The minimum Gasteiger partial charge on any atom is -0.484 e. The van der Waals surface area contributed by atoms with Gasteiger partial charge in [-0.2, -0.15) is 0 Å². The summed E-state index contributed by atoms with van der Waals surface area (Å²) in [7, 11) is 0. The molecule has 0 fully saturated rings. The van der Waals surface area contributed by atoms with E-state index in [0.717, 1.165) is 6.07 Å². The number of hydrogen-bond acceptors (Lipinski definition) is 4. The van der Waals surface area contributed by atoms with Crippen LogP contribution in [0, 0.1) is 11.6 Å². The van der Waals surface area contributed by atoms with Crippen molar-refractivity contribution in [3.05, 3.63) is 83.9 Å². The van der Waals surface area contributed by atoms with Crippen LogP contribution in [0.2, 0.25) is 0 Å². The molecule has 0 radical (unpaired) electrons. The Labute approximate surface area is 177 Å². The van der Waals surface area contributed by atoms with Crippen LogP contribution in [0.4, 0.5) is 14.5 Å². The number of halogens is 2. The summed E-state index contributed by atoms with van der Waals surface area (Å²) in [5, 5.41) is 13.7. The molecule has 0 saturated carbocycles. The van der Waals surface area contributed by atoms with Gasteiger partial charge in [-0.15, -0.1) is 0 Å². The predicted molar refractivity (Wildman–Crippen MR) is 112 cm³/mol. The number of carbonyl (C=O) groups is 2. The zero-order chi connectivity index (χ0) is 22.2. The number of aliphatic hydroxyl groups excluding tert-OH is 1. The molecule has 0 aromatic heterocycles. The van der Waals surface area contributed by atoms with Gasteiger partial charge in [-0.1, -0.05) is 24.3 Å². The van der Waals surface area contributed by atoms with E-state index in [2.05, 4.69) is 10.6 Å². The van der Waals surface area contributed by atoms with Crippen LogP contribution in [0.25, 0.3) is 11.1 Å². The lowest BCUT2D eigenvalue weighted by Gasteiger charge is -2.11. The average Bonchev–Trinajstić information content (AvgIpc) is 2.76. The summed E-state index contributed by atoms with van der Waals surface area (Å²) in [5.41, 5.74) is 1.16. The Morgan fingerprint density at radius 2 is 1.71 bits per heavy atom. The van der Waals surface area contributed by atoms with Crippen molar-refractivity contribution < 1.29 is 28.2 Å². The van der Waals surface area contributed by atoms with Gasteiger partial charge < -0.3 is 20.5 Å². The Hall–Kier alpha value is -3.78. The highest BCUT2D eigenvalue weighted by molar-refractivity contribution is 6.05. The molecule has 2 amide bonds. The molecule has 0 aliphatic heterocycles. The monoisotopic (exact) mass is 426 g/mol. The van der Waals surface area contributed by atoms with E-state index in [1.807, 2.05) is 0 Å². The molecule has 160 valence electrons. The zero-order valence-corrected chi connectivity index (χ0v) is 16.4. The normalized spacial score (nSPS) is 10.4. The maximum atomic E-state index is 14.3. The Morgan fingerprint density at radius 1 is 0.935 bits per heavy atom. The first-order valence-corrected chi connectivity index (χ1v) is 9.43. The maximum Gasteiger partial charge on any atom is 0.258 e. The second-order valence-corrected chi connectivity index (χ2v) is 6.55. The van der Waals surface area contributed by atoms with Gasteiger partial charge in [-0.05, 0) is 47.5 Å². The summed E-state index contributed by atoms with van der Waals surface area (Å²) in [6.45, 7) is -0.315. The summed E-state index contributed by atoms with van der Waals surface area (Å²) in [4.78, 5) is 24.2. The van der Waals surface area contributed by atoms with Crippen molar-refractivity contribution >= 4 is 17.5 Å². The predicted octanol–water partition coefficient (Wildman–Crippen LogP) is 3.37. The molecule has 0 heterocycles. The van der Waals surface area contributed by atoms with Crippen molar-refractivity contribution in [3.8, 4) is 16.9 Å². The van der Waals surface area contributed by atoms with Crippen molar-refractivity contribution in [3.63, 3.8) is 0 Å². The van der Waals surface area contributed by atoms with E-state index in [0.29, 0.717) is 22.6 Å². The van der Waals surface area contributed by atoms with Crippen LogP contribution < -0.4 is 15.4 Å². The van der Waals surface area contributed by atoms with Gasteiger partial charge >= 0.3 is 0 Å². The van der Waals surface area contributed by atoms with Crippen molar-refractivity contribution in [2.75, 3.05) is 25.1 Å². The molecule has 0 spiro atoms. The molecule has 0 unspecified atom stereocenters. The number of nitrogens with one attached hydrogen (secondary N) is 2. The van der Waals surface area contributed by atoms with Gasteiger partial charge in [0.1, 0.15) is 17.4 Å². The highest BCUT2D eigenvalue weighted by Crippen LogP contribution is 2.24. The molecular formula is C23H20F2N2O4. The second kappa shape index (κ2) is 10.3. The summed E-state index contributed by atoms with van der Waals surface area (Å²) >= 11 is 0. The molecule has 0 saturated heterocycles. The number of amides is 2. The van der Waals surface area contributed by atoms with Crippen LogP contribution in [0.1, 0.15) is 10.4 Å². The summed E-state index contributed by atoms with van der Waals surface area (Å²) in [5.74, 6) is -1.92. The van der Waals surface area contributed by atoms with Crippen LogP contribution in [0.5, 0.6) is 5.75 Å². The third-order valence-electron chi connectivity index (χ3n) is 4.26. The number of aliphatic hydroxyl groups is 1. The largest absolute Gasteiger partial charge is 0.484 e. The number of benzene rings is 3. The first-order chi connectivity index (χ1) is 15.0. The molecule has 0 aliphatic carbocycles. The Kier molecular flexibility index (Phi) is 7.29. The van der Waals surface area contributed by atoms with Crippen molar-refractivity contribution in [1.29, 1.82) is 0 Å². The highest BCUT2D eigenvalue weighted by Gasteiger charge is 2.14. The number of hydrogen-bond donors (Lipinski definition) is 3. The van der Waals surface area contributed by atoms with Crippen molar-refractivity contribution in [1.82, 2.24) is 5.32 Å². The summed E-state index contributed by atoms with van der Waals surface area (Å²) < 4.78 is 33.1. The third-order valence-corrected chi connectivity index (χ3v) is 4.26. The maximum absolute atomic E-state index is 14.3. The Bertz CT molecular complexity index is 1090. The van der Waals surface area contributed by atoms with Crippen LogP contribution in [0.3, 0.4) is 0 Å². The third kappa shape index (κ3) is 6.10. The molecule has 0 bridgehead atoms. The average molecular weight is 426 g/mol. The molecule has 3 aromatic rings. The molecule has 0 atom stereocenters. The van der Waals surface area contributed by atoms with Crippen molar-refractivity contribution in [2.45, 2.75) is 0 Å². The molecule has 3 N–H and O–H groups in total. The van der Waals surface area contributed by atoms with Gasteiger partial charge in [0.2, 0.25) is 0 Å². The molecular weight excluding hydrogens is 406 g/mol. The first kappa shape index (κ1) is 21.9. The van der Waals surface area contributed by atoms with E-state index in [1.54, 1.807) is 24.3 Å². The number of carbonyl (C=O) groups excluding carboxylic acids is 2. The molecule has 0 aliphatic rings. The fourth-order valence-corrected chi connectivity index (χ4v) is 2.80. The minimum atomic E-state index is -0.717. The van der Waals surface area contributed by atoms with Crippen LogP contribution in [0.15, 0.2) is 66.7 Å². The van der Waals surface area contributed by atoms with Crippen molar-refractivity contribution in [2.24, 2.45) is 0 Å². The number of anilines is 1. The molecule has 3 aromatic carbocycles. The van der Waals surface area contributed by atoms with E-state index in [1.165, 1.54) is 36.4 Å². The zero-order valence-electron chi connectivity index (χ0n) is 16.4. The lowest BCUT2D eigenvalue weighted by atomic mass is 10.0. The van der Waals surface area contributed by atoms with E-state index in [9.17, 15) is 18.4 Å². The Balaban J connectivity index is 1.71. The topological polar surface area (TPSA) is 87.7 Å². The molecule has 8 heteroatoms. The standard InChI is InChI=1S/C23H20F2N2O4/c24-17-4-1-3-15(11-17)16-7-8-21(25)20(12-16)23(30)27-18-5-2-6-19(13-18)31-14-22(29)26-9-10-28/h1-8,11-13,28H,9-10,14H2,(H,26,29)(H,27,30). The van der Waals surface area contributed by atoms with Gasteiger partial charge in [-0.3, -0.25) is 9.59 Å². The summed E-state index contributed by atoms with van der Waals surface area (Å²) in [6.07, 6.45) is 0. The highest BCUT2D eigenvalue weighted by atomic mass is 19.1. The van der Waals surface area contributed by atoms with Crippen LogP contribution in [-0.4, -0.2) is 36.7 Å². The fourth-order valence-electron chi connectivity index (χ4n) is 2.80. The minimum absolute atomic E-state index is 0.124. The van der Waals surface area contributed by atoms with Gasteiger partial charge in [0.25, 0.3) is 11.8 Å². The van der Waals surface area contributed by atoms with E-state index < -0.39 is 23.4 Å². The smallest absolute Gasteiger partial charge is 0.258 e. The van der Waals surface area contributed by atoms with E-state index in [-0.39, 0.29) is 25.3 Å². The fraction of sp³-hybridized carbons (Fsp3) is 0.130. The lowest BCUT2D eigenvalue weighted by molar-refractivity contribution is -0.123. The quantitative estimate of drug-likeness (QED) is 0.515. The number of rotatable bonds is 8. The Morgan fingerprint density at radius 3 is 2.48 bits per heavy atom. The van der Waals surface area contributed by atoms with E-state index in [4.69, 9.17) is 9.84 Å².